The Balaban J connectivity index is 1.34. The van der Waals surface area contributed by atoms with Gasteiger partial charge in [-0.15, -0.1) is 10.2 Å². The van der Waals surface area contributed by atoms with Crippen molar-refractivity contribution in [1.29, 1.82) is 0 Å². The Labute approximate surface area is 151 Å². The van der Waals surface area contributed by atoms with Crippen molar-refractivity contribution < 1.29 is 13.9 Å². The SMILES string of the molecule is Cc1nnc(SCCNC(=O)COCc2nc3ccc(F)cc3[nH]2)s1. The number of nitrogens with zero attached hydrogens (tertiary/aromatic N) is 3. The van der Waals surface area contributed by atoms with Crippen LogP contribution < -0.4 is 5.32 Å². The Morgan fingerprint density at radius 2 is 2.32 bits per heavy atom. The fourth-order valence-electron chi connectivity index (χ4n) is 2.06. The maximum absolute atomic E-state index is 13.1. The number of carbonyl (C=O) groups excluding carboxylic acids is 1. The Morgan fingerprint density at radius 3 is 3.12 bits per heavy atom. The predicted octanol–water partition coefficient (Wildman–Crippen LogP) is 2.29. The van der Waals surface area contributed by atoms with E-state index in [1.807, 2.05) is 6.92 Å². The van der Waals surface area contributed by atoms with Gasteiger partial charge in [-0.3, -0.25) is 4.79 Å². The van der Waals surface area contributed by atoms with E-state index in [4.69, 9.17) is 4.74 Å². The number of halogens is 1. The van der Waals surface area contributed by atoms with Crippen molar-refractivity contribution in [3.63, 3.8) is 0 Å². The summed E-state index contributed by atoms with van der Waals surface area (Å²) in [6.07, 6.45) is 0. The number of aryl methyl sites for hydroxylation is 1. The topological polar surface area (TPSA) is 92.8 Å². The van der Waals surface area contributed by atoms with Gasteiger partial charge < -0.3 is 15.0 Å². The molecule has 0 unspecified atom stereocenters. The lowest BCUT2D eigenvalue weighted by atomic mass is 10.3. The third-order valence-corrected chi connectivity index (χ3v) is 5.10. The minimum atomic E-state index is -0.329. The number of hydrogen-bond donors (Lipinski definition) is 2. The van der Waals surface area contributed by atoms with Crippen molar-refractivity contribution in [1.82, 2.24) is 25.5 Å². The zero-order chi connectivity index (χ0) is 17.6. The van der Waals surface area contributed by atoms with Crippen LogP contribution in [0.2, 0.25) is 0 Å². The lowest BCUT2D eigenvalue weighted by molar-refractivity contribution is -0.126. The lowest BCUT2D eigenvalue weighted by Crippen LogP contribution is -2.29. The van der Waals surface area contributed by atoms with Crippen molar-refractivity contribution >= 4 is 40.0 Å². The minimum absolute atomic E-state index is 0.0615. The number of thioether (sulfide) groups is 1. The summed E-state index contributed by atoms with van der Waals surface area (Å²) in [7, 11) is 0. The third kappa shape index (κ3) is 5.21. The van der Waals surface area contributed by atoms with Gasteiger partial charge in [0.15, 0.2) is 4.34 Å². The Morgan fingerprint density at radius 1 is 1.44 bits per heavy atom. The predicted molar refractivity (Wildman–Crippen MR) is 94.1 cm³/mol. The molecular weight excluding hydrogens is 365 g/mol. The number of nitrogens with one attached hydrogen (secondary N) is 2. The van der Waals surface area contributed by atoms with Gasteiger partial charge in [-0.1, -0.05) is 23.1 Å². The molecule has 0 saturated carbocycles. The molecule has 2 heterocycles. The number of amides is 1. The summed E-state index contributed by atoms with van der Waals surface area (Å²) in [4.78, 5) is 18.9. The van der Waals surface area contributed by atoms with Gasteiger partial charge >= 0.3 is 0 Å². The van der Waals surface area contributed by atoms with Crippen LogP contribution in [-0.2, 0) is 16.1 Å². The molecule has 25 heavy (non-hydrogen) atoms. The molecule has 0 radical (unpaired) electrons. The molecule has 7 nitrogen and oxygen atoms in total. The van der Waals surface area contributed by atoms with E-state index in [0.717, 1.165) is 15.1 Å². The standard InChI is InChI=1S/C15H16FN5O2S2/c1-9-20-21-15(25-9)24-5-4-17-14(22)8-23-7-13-18-11-3-2-10(16)6-12(11)19-13/h2-3,6H,4-5,7-8H2,1H3,(H,17,22)(H,18,19). The highest BCUT2D eigenvalue weighted by molar-refractivity contribution is 8.01. The molecule has 2 aromatic heterocycles. The molecule has 0 saturated heterocycles. The number of hydrogen-bond acceptors (Lipinski definition) is 7. The quantitative estimate of drug-likeness (QED) is 0.459. The zero-order valence-corrected chi connectivity index (χ0v) is 15.0. The summed E-state index contributed by atoms with van der Waals surface area (Å²) < 4.78 is 19.3. The van der Waals surface area contributed by atoms with Crippen molar-refractivity contribution in [3.05, 3.63) is 34.8 Å². The number of benzene rings is 1. The Hall–Kier alpha value is -2.04. The molecule has 2 N–H and O–H groups in total. The fourth-order valence-corrected chi connectivity index (χ4v) is 3.80. The van der Waals surface area contributed by atoms with E-state index in [1.165, 1.54) is 23.5 Å². The van der Waals surface area contributed by atoms with Crippen LogP contribution in [0.1, 0.15) is 10.8 Å². The average molecular weight is 381 g/mol. The van der Waals surface area contributed by atoms with Crippen LogP contribution in [0, 0.1) is 12.7 Å². The Bertz CT molecular complexity index is 867. The molecule has 0 bridgehead atoms. The lowest BCUT2D eigenvalue weighted by Gasteiger charge is -2.04. The molecule has 0 atom stereocenters. The monoisotopic (exact) mass is 381 g/mol. The first-order valence-electron chi connectivity index (χ1n) is 7.51. The molecule has 0 aliphatic rings. The average Bonchev–Trinajstić information content (AvgIpc) is 3.17. The molecule has 0 fully saturated rings. The number of rotatable bonds is 8. The first-order valence-corrected chi connectivity index (χ1v) is 9.32. The highest BCUT2D eigenvalue weighted by Crippen LogP contribution is 2.20. The smallest absolute Gasteiger partial charge is 0.246 e. The van der Waals surface area contributed by atoms with Crippen LogP contribution >= 0.6 is 23.1 Å². The molecule has 3 aromatic rings. The van der Waals surface area contributed by atoms with Gasteiger partial charge in [-0.2, -0.15) is 0 Å². The third-order valence-electron chi connectivity index (χ3n) is 3.12. The molecule has 3 rings (SSSR count). The summed E-state index contributed by atoms with van der Waals surface area (Å²) in [5.41, 5.74) is 1.26. The zero-order valence-electron chi connectivity index (χ0n) is 13.4. The number of aromatic amines is 1. The number of H-pyrrole nitrogens is 1. The van der Waals surface area contributed by atoms with Gasteiger partial charge in [0.05, 0.1) is 11.0 Å². The summed E-state index contributed by atoms with van der Waals surface area (Å²) in [6.45, 7) is 2.52. The summed E-state index contributed by atoms with van der Waals surface area (Å²) >= 11 is 3.08. The first-order chi connectivity index (χ1) is 12.1. The first kappa shape index (κ1) is 17.8. The van der Waals surface area contributed by atoms with Crippen LogP contribution in [0.5, 0.6) is 0 Å². The van der Waals surface area contributed by atoms with Gasteiger partial charge in [-0.25, -0.2) is 9.37 Å². The van der Waals surface area contributed by atoms with Crippen LogP contribution in [-0.4, -0.2) is 45.0 Å². The van der Waals surface area contributed by atoms with E-state index >= 15 is 0 Å². The van der Waals surface area contributed by atoms with Crippen LogP contribution in [0.15, 0.2) is 22.5 Å². The molecule has 0 spiro atoms. The molecule has 0 aliphatic heterocycles. The maximum Gasteiger partial charge on any atom is 0.246 e. The van der Waals surface area contributed by atoms with Gasteiger partial charge in [0.1, 0.15) is 29.9 Å². The number of fused-ring (bicyclic) bond motifs is 1. The van der Waals surface area contributed by atoms with E-state index in [2.05, 4.69) is 25.5 Å². The van der Waals surface area contributed by atoms with E-state index in [0.29, 0.717) is 23.4 Å². The van der Waals surface area contributed by atoms with Crippen molar-refractivity contribution in [3.8, 4) is 0 Å². The maximum atomic E-state index is 13.1. The fraction of sp³-hybridized carbons (Fsp3) is 0.333. The Kier molecular flexibility index (Phi) is 5.95. The molecular formula is C15H16FN5O2S2. The van der Waals surface area contributed by atoms with E-state index < -0.39 is 0 Å². The van der Waals surface area contributed by atoms with Crippen molar-refractivity contribution in [2.75, 3.05) is 18.9 Å². The molecule has 1 amide bonds. The minimum Gasteiger partial charge on any atom is -0.364 e. The molecule has 10 heteroatoms. The number of imidazole rings is 1. The molecule has 1 aromatic carbocycles. The van der Waals surface area contributed by atoms with Crippen molar-refractivity contribution in [2.24, 2.45) is 0 Å². The van der Waals surface area contributed by atoms with E-state index in [9.17, 15) is 9.18 Å². The van der Waals surface area contributed by atoms with E-state index in [1.54, 1.807) is 17.8 Å². The van der Waals surface area contributed by atoms with Crippen LogP contribution in [0.4, 0.5) is 4.39 Å². The van der Waals surface area contributed by atoms with Crippen molar-refractivity contribution in [2.45, 2.75) is 17.9 Å². The number of aromatic nitrogens is 4. The van der Waals surface area contributed by atoms with Gasteiger partial charge in [0.2, 0.25) is 5.91 Å². The largest absolute Gasteiger partial charge is 0.364 e. The number of ether oxygens (including phenoxy) is 1. The van der Waals surface area contributed by atoms with Gasteiger partial charge in [0.25, 0.3) is 0 Å². The normalized spacial score (nSPS) is 11.1. The molecule has 132 valence electrons. The highest BCUT2D eigenvalue weighted by Gasteiger charge is 2.06. The van der Waals surface area contributed by atoms with E-state index in [-0.39, 0.29) is 24.9 Å². The highest BCUT2D eigenvalue weighted by atomic mass is 32.2. The van der Waals surface area contributed by atoms with Crippen LogP contribution in [0.3, 0.4) is 0 Å². The molecule has 0 aliphatic carbocycles. The summed E-state index contributed by atoms with van der Waals surface area (Å²) in [6, 6.07) is 4.31. The number of carbonyl (C=O) groups is 1. The van der Waals surface area contributed by atoms with Gasteiger partial charge in [-0.05, 0) is 25.1 Å². The second-order valence-corrected chi connectivity index (χ2v) is 7.65. The second-order valence-electron chi connectivity index (χ2n) is 5.12. The summed E-state index contributed by atoms with van der Waals surface area (Å²) in [5.74, 6) is 0.742. The second kappa shape index (κ2) is 8.37. The summed E-state index contributed by atoms with van der Waals surface area (Å²) in [5, 5.41) is 11.6. The van der Waals surface area contributed by atoms with Gasteiger partial charge in [0, 0.05) is 12.3 Å². The van der Waals surface area contributed by atoms with Crippen LogP contribution in [0.25, 0.3) is 11.0 Å².